The van der Waals surface area contributed by atoms with Gasteiger partial charge in [-0.2, -0.15) is 5.10 Å². The quantitative estimate of drug-likeness (QED) is 0.792. The number of nitrogens with zero attached hydrogens (tertiary/aromatic N) is 3. The highest BCUT2D eigenvalue weighted by Gasteiger charge is 2.28. The van der Waals surface area contributed by atoms with Crippen LogP contribution in [-0.4, -0.2) is 47.8 Å². The molecule has 0 saturated carbocycles. The fourth-order valence-electron chi connectivity index (χ4n) is 2.91. The predicted octanol–water partition coefficient (Wildman–Crippen LogP) is 4.06. The van der Waals surface area contributed by atoms with Gasteiger partial charge < -0.3 is 10.2 Å². The zero-order valence-electron chi connectivity index (χ0n) is 16.5. The van der Waals surface area contributed by atoms with Crippen molar-refractivity contribution in [3.8, 4) is 5.69 Å². The third-order valence-electron chi connectivity index (χ3n) is 4.19. The summed E-state index contributed by atoms with van der Waals surface area (Å²) < 4.78 is 1.84. The Balaban J connectivity index is 2.55. The highest BCUT2D eigenvalue weighted by molar-refractivity contribution is 6.32. The molecule has 0 unspecified atom stereocenters. The molecule has 0 atom stereocenters. The maximum Gasteiger partial charge on any atom is 0.255 e. The number of carbonyl (C=O) groups is 1. The van der Waals surface area contributed by atoms with E-state index in [9.17, 15) is 4.79 Å². The van der Waals surface area contributed by atoms with Gasteiger partial charge in [0, 0.05) is 13.1 Å². The van der Waals surface area contributed by atoms with Crippen molar-refractivity contribution in [2.24, 2.45) is 0 Å². The first-order chi connectivity index (χ1) is 12.2. The Morgan fingerprint density at radius 1 is 1.19 bits per heavy atom. The predicted molar refractivity (Wildman–Crippen MR) is 108 cm³/mol. The summed E-state index contributed by atoms with van der Waals surface area (Å²) in [7, 11) is 3.97. The molecule has 0 fully saturated rings. The zero-order valence-corrected chi connectivity index (χ0v) is 17.3. The first kappa shape index (κ1) is 20.5. The van der Waals surface area contributed by atoms with Crippen molar-refractivity contribution in [1.82, 2.24) is 20.0 Å². The third-order valence-corrected chi connectivity index (χ3v) is 4.51. The minimum atomic E-state index is -0.0717. The van der Waals surface area contributed by atoms with Gasteiger partial charge in [-0.25, -0.2) is 4.68 Å². The van der Waals surface area contributed by atoms with Crippen LogP contribution < -0.4 is 5.32 Å². The van der Waals surface area contributed by atoms with Crippen LogP contribution in [0.2, 0.25) is 5.02 Å². The highest BCUT2D eigenvalue weighted by Crippen LogP contribution is 2.31. The van der Waals surface area contributed by atoms with E-state index in [1.165, 1.54) is 0 Å². The van der Waals surface area contributed by atoms with Crippen molar-refractivity contribution in [3.05, 3.63) is 46.2 Å². The summed E-state index contributed by atoms with van der Waals surface area (Å²) in [6.45, 7) is 9.65. The molecular formula is C20H29ClN4O. The number of likely N-dealkylation sites (N-methyl/N-ethyl adjacent to an activating group) is 1. The van der Waals surface area contributed by atoms with E-state index in [4.69, 9.17) is 16.7 Å². The monoisotopic (exact) mass is 376 g/mol. The molecule has 1 heterocycles. The van der Waals surface area contributed by atoms with Gasteiger partial charge in [0.2, 0.25) is 0 Å². The van der Waals surface area contributed by atoms with Crippen LogP contribution in [0.3, 0.4) is 0 Å². The van der Waals surface area contributed by atoms with Gasteiger partial charge in [-0.1, -0.05) is 51.4 Å². The molecule has 1 N–H and O–H groups in total. The number of carbonyl (C=O) groups excluding carboxylic acids is 1. The highest BCUT2D eigenvalue weighted by atomic mass is 35.5. The molecule has 26 heavy (non-hydrogen) atoms. The number of hydrogen-bond acceptors (Lipinski definition) is 3. The first-order valence-electron chi connectivity index (χ1n) is 9.04. The molecule has 0 spiro atoms. The van der Waals surface area contributed by atoms with Crippen LogP contribution in [0.15, 0.2) is 24.3 Å². The van der Waals surface area contributed by atoms with E-state index in [1.54, 1.807) is 0 Å². The lowest BCUT2D eigenvalue weighted by Gasteiger charge is -2.15. The van der Waals surface area contributed by atoms with E-state index < -0.39 is 0 Å². The summed E-state index contributed by atoms with van der Waals surface area (Å²) in [5.41, 5.74) is 3.17. The van der Waals surface area contributed by atoms with E-state index in [2.05, 4.69) is 33.0 Å². The molecule has 6 heteroatoms. The number of halogens is 1. The number of amides is 1. The second-order valence-corrected chi connectivity index (χ2v) is 7.78. The SMILES string of the molecule is CC(C)c1nn(-c2ccccc2Cl)c(C(C)C)c1C(=O)NCCN(C)C. The van der Waals surface area contributed by atoms with Crippen LogP contribution >= 0.6 is 11.6 Å². The second-order valence-electron chi connectivity index (χ2n) is 7.38. The Hall–Kier alpha value is -1.85. The Labute approximate surface area is 161 Å². The Morgan fingerprint density at radius 2 is 1.85 bits per heavy atom. The molecular weight excluding hydrogens is 348 g/mol. The van der Waals surface area contributed by atoms with Gasteiger partial charge in [-0.05, 0) is 38.1 Å². The molecule has 0 saturated heterocycles. The average Bonchev–Trinajstić information content (AvgIpc) is 2.95. The molecule has 2 aromatic rings. The molecule has 1 aromatic heterocycles. The standard InChI is InChI=1S/C20H29ClN4O/c1-13(2)18-17(20(26)22-11-12-24(5)6)19(14(3)4)25(23-18)16-10-8-7-9-15(16)21/h7-10,13-14H,11-12H2,1-6H3,(H,22,26). The molecule has 0 bridgehead atoms. The van der Waals surface area contributed by atoms with Crippen LogP contribution in [0.25, 0.3) is 5.69 Å². The fraction of sp³-hybridized carbons (Fsp3) is 0.500. The van der Waals surface area contributed by atoms with E-state index in [0.717, 1.165) is 23.6 Å². The number of aromatic nitrogens is 2. The van der Waals surface area contributed by atoms with Gasteiger partial charge in [0.15, 0.2) is 0 Å². The van der Waals surface area contributed by atoms with Crippen LogP contribution in [-0.2, 0) is 0 Å². The van der Waals surface area contributed by atoms with Crippen molar-refractivity contribution in [1.29, 1.82) is 0 Å². The van der Waals surface area contributed by atoms with Gasteiger partial charge in [0.25, 0.3) is 5.91 Å². The summed E-state index contributed by atoms with van der Waals surface area (Å²) in [4.78, 5) is 15.0. The third kappa shape index (κ3) is 4.46. The van der Waals surface area contributed by atoms with Crippen LogP contribution in [0.1, 0.15) is 61.3 Å². The van der Waals surface area contributed by atoms with Crippen molar-refractivity contribution in [3.63, 3.8) is 0 Å². The number of rotatable bonds is 7. The number of benzene rings is 1. The topological polar surface area (TPSA) is 50.2 Å². The normalized spacial score (nSPS) is 11.6. The largest absolute Gasteiger partial charge is 0.351 e. The molecule has 0 aliphatic heterocycles. The van der Waals surface area contributed by atoms with Gasteiger partial charge in [-0.3, -0.25) is 4.79 Å². The fourth-order valence-corrected chi connectivity index (χ4v) is 3.12. The summed E-state index contributed by atoms with van der Waals surface area (Å²) in [5.74, 6) is 0.185. The van der Waals surface area contributed by atoms with Crippen molar-refractivity contribution >= 4 is 17.5 Å². The van der Waals surface area contributed by atoms with Gasteiger partial charge in [-0.15, -0.1) is 0 Å². The van der Waals surface area contributed by atoms with Gasteiger partial charge in [0.1, 0.15) is 0 Å². The molecule has 5 nitrogen and oxygen atoms in total. The van der Waals surface area contributed by atoms with E-state index in [1.807, 2.05) is 47.9 Å². The maximum atomic E-state index is 13.0. The molecule has 1 amide bonds. The van der Waals surface area contributed by atoms with Crippen LogP contribution in [0.5, 0.6) is 0 Å². The van der Waals surface area contributed by atoms with E-state index in [0.29, 0.717) is 17.1 Å². The first-order valence-corrected chi connectivity index (χ1v) is 9.42. The number of hydrogen-bond donors (Lipinski definition) is 1. The van der Waals surface area contributed by atoms with Crippen LogP contribution in [0, 0.1) is 0 Å². The minimum absolute atomic E-state index is 0.0717. The summed E-state index contributed by atoms with van der Waals surface area (Å²) in [5, 5.41) is 8.44. The molecule has 1 aromatic carbocycles. The molecule has 2 rings (SSSR count). The molecule has 142 valence electrons. The minimum Gasteiger partial charge on any atom is -0.351 e. The Bertz CT molecular complexity index is 765. The Kier molecular flexibility index (Phi) is 6.84. The zero-order chi connectivity index (χ0) is 19.4. The number of para-hydroxylation sites is 1. The van der Waals surface area contributed by atoms with Crippen LogP contribution in [0.4, 0.5) is 0 Å². The smallest absolute Gasteiger partial charge is 0.255 e. The van der Waals surface area contributed by atoms with Gasteiger partial charge in [0.05, 0.1) is 27.7 Å². The molecule has 0 aliphatic rings. The van der Waals surface area contributed by atoms with Crippen molar-refractivity contribution < 1.29 is 4.79 Å². The lowest BCUT2D eigenvalue weighted by molar-refractivity contribution is 0.0948. The second kappa shape index (κ2) is 8.69. The average molecular weight is 377 g/mol. The number of nitrogens with one attached hydrogen (secondary N) is 1. The lowest BCUT2D eigenvalue weighted by Crippen LogP contribution is -2.32. The van der Waals surface area contributed by atoms with Crippen molar-refractivity contribution in [2.75, 3.05) is 27.2 Å². The maximum absolute atomic E-state index is 13.0. The summed E-state index contributed by atoms with van der Waals surface area (Å²) in [6.07, 6.45) is 0. The lowest BCUT2D eigenvalue weighted by atomic mass is 9.98. The van der Waals surface area contributed by atoms with Crippen molar-refractivity contribution in [2.45, 2.75) is 39.5 Å². The molecule has 0 aliphatic carbocycles. The van der Waals surface area contributed by atoms with E-state index >= 15 is 0 Å². The molecule has 0 radical (unpaired) electrons. The summed E-state index contributed by atoms with van der Waals surface area (Å²) >= 11 is 6.41. The Morgan fingerprint density at radius 3 is 2.38 bits per heavy atom. The summed E-state index contributed by atoms with van der Waals surface area (Å²) in [6, 6.07) is 7.59. The van der Waals surface area contributed by atoms with Gasteiger partial charge >= 0.3 is 0 Å². The van der Waals surface area contributed by atoms with E-state index in [-0.39, 0.29) is 17.7 Å².